The van der Waals surface area contributed by atoms with Crippen LogP contribution in [0.2, 0.25) is 0 Å². The Balaban J connectivity index is 1.62. The van der Waals surface area contributed by atoms with Crippen LogP contribution >= 0.6 is 0 Å². The van der Waals surface area contributed by atoms with Crippen molar-refractivity contribution in [2.75, 3.05) is 10.6 Å². The molecule has 4 rings (SSSR count). The van der Waals surface area contributed by atoms with Crippen molar-refractivity contribution in [3.05, 3.63) is 70.3 Å². The smallest absolute Gasteiger partial charge is 0.408 e. The number of hydrogen-bond donors (Lipinski definition) is 3. The molecule has 0 fully saturated rings. The number of fused-ring (bicyclic) bond motifs is 1. The number of hydrogen-bond acceptors (Lipinski definition) is 6. The Labute approximate surface area is 151 Å². The molecule has 0 saturated carbocycles. The standard InChI is InChI=1S/C18H13F2N5O2/c1-9-8-21-17(23-13-4-2-10(19)6-12(13)20)25-16(9)22-11-3-5-15-14(7-11)24-18(26)27-15/h2-8H,1H3,(H,24,26)(H2,21,22,23,25). The highest BCUT2D eigenvalue weighted by Crippen LogP contribution is 2.24. The number of halogens is 2. The summed E-state index contributed by atoms with van der Waals surface area (Å²) >= 11 is 0. The first-order valence-corrected chi connectivity index (χ1v) is 7.93. The van der Waals surface area contributed by atoms with Crippen LogP contribution in [0.3, 0.4) is 0 Å². The molecule has 0 aliphatic heterocycles. The number of aromatic nitrogens is 3. The summed E-state index contributed by atoms with van der Waals surface area (Å²) in [5, 5.41) is 5.83. The van der Waals surface area contributed by atoms with Crippen LogP contribution in [0.15, 0.2) is 51.8 Å². The van der Waals surface area contributed by atoms with Gasteiger partial charge in [0.05, 0.1) is 11.2 Å². The van der Waals surface area contributed by atoms with Crippen LogP contribution in [-0.4, -0.2) is 15.0 Å². The molecule has 2 aromatic heterocycles. The summed E-state index contributed by atoms with van der Waals surface area (Å²) in [5.74, 6) is -1.32. The van der Waals surface area contributed by atoms with Crippen molar-refractivity contribution in [3.63, 3.8) is 0 Å². The van der Waals surface area contributed by atoms with E-state index in [1.54, 1.807) is 24.4 Å². The van der Waals surface area contributed by atoms with Crippen molar-refractivity contribution < 1.29 is 13.2 Å². The third-order valence-corrected chi connectivity index (χ3v) is 3.83. The molecule has 0 saturated heterocycles. The molecule has 4 aromatic rings. The Kier molecular flexibility index (Phi) is 4.03. The molecule has 0 spiro atoms. The van der Waals surface area contributed by atoms with Crippen molar-refractivity contribution in [1.82, 2.24) is 15.0 Å². The molecule has 0 radical (unpaired) electrons. The van der Waals surface area contributed by atoms with E-state index in [-0.39, 0.29) is 11.6 Å². The van der Waals surface area contributed by atoms with Gasteiger partial charge < -0.3 is 15.1 Å². The normalized spacial score (nSPS) is 10.9. The molecule has 0 atom stereocenters. The second-order valence-corrected chi connectivity index (χ2v) is 5.82. The average molecular weight is 369 g/mol. The van der Waals surface area contributed by atoms with Crippen molar-refractivity contribution >= 4 is 34.2 Å². The molecule has 27 heavy (non-hydrogen) atoms. The van der Waals surface area contributed by atoms with E-state index in [4.69, 9.17) is 4.42 Å². The average Bonchev–Trinajstić information content (AvgIpc) is 2.99. The quantitative estimate of drug-likeness (QED) is 0.503. The maximum Gasteiger partial charge on any atom is 0.417 e. The van der Waals surface area contributed by atoms with Gasteiger partial charge in [0, 0.05) is 23.5 Å². The predicted octanol–water partition coefficient (Wildman–Crippen LogP) is 3.98. The minimum atomic E-state index is -0.747. The van der Waals surface area contributed by atoms with E-state index in [9.17, 15) is 13.6 Å². The minimum Gasteiger partial charge on any atom is -0.408 e. The molecule has 0 unspecified atom stereocenters. The summed E-state index contributed by atoms with van der Waals surface area (Å²) in [6.45, 7) is 1.81. The van der Waals surface area contributed by atoms with Gasteiger partial charge in [0.15, 0.2) is 5.58 Å². The van der Waals surface area contributed by atoms with Crippen LogP contribution in [0.4, 0.5) is 31.9 Å². The summed E-state index contributed by atoms with van der Waals surface area (Å²) in [6, 6.07) is 8.27. The maximum absolute atomic E-state index is 13.8. The Bertz CT molecular complexity index is 1200. The fourth-order valence-corrected chi connectivity index (χ4v) is 2.51. The van der Waals surface area contributed by atoms with Gasteiger partial charge in [-0.2, -0.15) is 4.98 Å². The molecule has 0 bridgehead atoms. The molecular weight excluding hydrogens is 356 g/mol. The number of oxazole rings is 1. The molecule has 0 aliphatic carbocycles. The maximum atomic E-state index is 13.8. The first-order chi connectivity index (χ1) is 13.0. The van der Waals surface area contributed by atoms with Gasteiger partial charge in [0.1, 0.15) is 17.5 Å². The molecular formula is C18H13F2N5O2. The lowest BCUT2D eigenvalue weighted by Gasteiger charge is -2.11. The number of aryl methyl sites for hydroxylation is 1. The molecule has 2 heterocycles. The number of anilines is 4. The fraction of sp³-hybridized carbons (Fsp3) is 0.0556. The third-order valence-electron chi connectivity index (χ3n) is 3.83. The molecule has 136 valence electrons. The van der Waals surface area contributed by atoms with E-state index in [0.717, 1.165) is 17.7 Å². The first kappa shape index (κ1) is 16.7. The molecule has 7 nitrogen and oxygen atoms in total. The van der Waals surface area contributed by atoms with Gasteiger partial charge in [0.2, 0.25) is 5.95 Å². The monoisotopic (exact) mass is 369 g/mol. The molecule has 0 amide bonds. The molecule has 2 aromatic carbocycles. The number of benzene rings is 2. The lowest BCUT2D eigenvalue weighted by Crippen LogP contribution is -2.04. The molecule has 9 heteroatoms. The van der Waals surface area contributed by atoms with Gasteiger partial charge >= 0.3 is 5.76 Å². The van der Waals surface area contributed by atoms with Gasteiger partial charge in [-0.3, -0.25) is 4.98 Å². The highest BCUT2D eigenvalue weighted by atomic mass is 19.1. The van der Waals surface area contributed by atoms with E-state index in [1.165, 1.54) is 6.07 Å². The Morgan fingerprint density at radius 3 is 2.78 bits per heavy atom. The largest absolute Gasteiger partial charge is 0.417 e. The van der Waals surface area contributed by atoms with Gasteiger partial charge in [-0.25, -0.2) is 18.6 Å². The van der Waals surface area contributed by atoms with Crippen LogP contribution < -0.4 is 16.4 Å². The summed E-state index contributed by atoms with van der Waals surface area (Å²) in [4.78, 5) is 22.3. The zero-order valence-electron chi connectivity index (χ0n) is 14.0. The Hall–Kier alpha value is -3.75. The first-order valence-electron chi connectivity index (χ1n) is 7.93. The van der Waals surface area contributed by atoms with Crippen molar-refractivity contribution in [3.8, 4) is 0 Å². The predicted molar refractivity (Wildman–Crippen MR) is 96.5 cm³/mol. The van der Waals surface area contributed by atoms with Crippen LogP contribution in [-0.2, 0) is 0 Å². The van der Waals surface area contributed by atoms with E-state index in [1.807, 2.05) is 6.92 Å². The van der Waals surface area contributed by atoms with Crippen LogP contribution in [0, 0.1) is 18.6 Å². The lowest BCUT2D eigenvalue weighted by molar-refractivity contribution is 0.555. The minimum absolute atomic E-state index is 0.0589. The van der Waals surface area contributed by atoms with Gasteiger partial charge in [0.25, 0.3) is 0 Å². The molecule has 0 aliphatic rings. The van der Waals surface area contributed by atoms with Crippen molar-refractivity contribution in [2.45, 2.75) is 6.92 Å². The van der Waals surface area contributed by atoms with Gasteiger partial charge in [-0.15, -0.1) is 0 Å². The second kappa shape index (κ2) is 6.52. The fourth-order valence-electron chi connectivity index (χ4n) is 2.51. The van der Waals surface area contributed by atoms with Crippen LogP contribution in [0.5, 0.6) is 0 Å². The Morgan fingerprint density at radius 1 is 1.11 bits per heavy atom. The zero-order valence-corrected chi connectivity index (χ0v) is 14.0. The number of nitrogens with zero attached hydrogens (tertiary/aromatic N) is 2. The third kappa shape index (κ3) is 3.47. The number of aromatic amines is 1. The highest BCUT2D eigenvalue weighted by Gasteiger charge is 2.09. The van der Waals surface area contributed by atoms with Crippen molar-refractivity contribution in [1.29, 1.82) is 0 Å². The summed E-state index contributed by atoms with van der Waals surface area (Å²) in [5.41, 5.74) is 2.47. The molecule has 3 N–H and O–H groups in total. The summed E-state index contributed by atoms with van der Waals surface area (Å²) in [7, 11) is 0. The van der Waals surface area contributed by atoms with Gasteiger partial charge in [-0.1, -0.05) is 0 Å². The van der Waals surface area contributed by atoms with Crippen LogP contribution in [0.25, 0.3) is 11.1 Å². The van der Waals surface area contributed by atoms with Crippen molar-refractivity contribution in [2.24, 2.45) is 0 Å². The van der Waals surface area contributed by atoms with E-state index in [0.29, 0.717) is 22.6 Å². The summed E-state index contributed by atoms with van der Waals surface area (Å²) in [6.07, 6.45) is 1.57. The number of rotatable bonds is 4. The topological polar surface area (TPSA) is 95.8 Å². The number of nitrogens with one attached hydrogen (secondary N) is 3. The second-order valence-electron chi connectivity index (χ2n) is 5.82. The van der Waals surface area contributed by atoms with E-state index < -0.39 is 17.4 Å². The zero-order chi connectivity index (χ0) is 19.0. The van der Waals surface area contributed by atoms with Crippen LogP contribution in [0.1, 0.15) is 5.56 Å². The van der Waals surface area contributed by atoms with Gasteiger partial charge in [-0.05, 0) is 37.3 Å². The van der Waals surface area contributed by atoms with E-state index in [2.05, 4.69) is 25.6 Å². The number of H-pyrrole nitrogens is 1. The SMILES string of the molecule is Cc1cnc(Nc2ccc(F)cc2F)nc1Nc1ccc2oc(=O)[nH]c2c1. The highest BCUT2D eigenvalue weighted by molar-refractivity contribution is 5.78. The lowest BCUT2D eigenvalue weighted by atomic mass is 10.2. The van der Waals surface area contributed by atoms with E-state index >= 15 is 0 Å². The Morgan fingerprint density at radius 2 is 1.96 bits per heavy atom. The summed E-state index contributed by atoms with van der Waals surface area (Å²) < 4.78 is 31.8.